The minimum Gasteiger partial charge on any atom is -0.370 e. The standard InChI is InChI=1S/C21H21BrCl3F3N2/c1-2-6-29-11-13-3-4-15(10-16(13)22)30-7-5-20(12-30,21(26,27)28)14-8-17(23)19(25)18(24)9-14/h3-4,8-10,29H,2,5-7,11-12H2,1H3. The second-order valence-electron chi connectivity index (χ2n) is 7.46. The SMILES string of the molecule is CCCNCc1ccc(N2CCC(c3cc(Cl)c(Cl)c(Cl)c3)(C(F)(F)F)C2)cc1Br. The lowest BCUT2D eigenvalue weighted by Crippen LogP contribution is -2.44. The summed E-state index contributed by atoms with van der Waals surface area (Å²) in [5.41, 5.74) is -0.238. The Kier molecular flexibility index (Phi) is 7.56. The van der Waals surface area contributed by atoms with Crippen molar-refractivity contribution in [3.8, 4) is 0 Å². The van der Waals surface area contributed by atoms with E-state index in [1.54, 1.807) is 4.90 Å². The maximum atomic E-state index is 14.3. The normalized spacial score (nSPS) is 19.5. The van der Waals surface area contributed by atoms with Crippen LogP contribution in [0.15, 0.2) is 34.8 Å². The average molecular weight is 545 g/mol. The highest BCUT2D eigenvalue weighted by molar-refractivity contribution is 9.10. The fourth-order valence-corrected chi connectivity index (χ4v) is 4.87. The van der Waals surface area contributed by atoms with E-state index in [4.69, 9.17) is 34.8 Å². The van der Waals surface area contributed by atoms with Gasteiger partial charge in [-0.25, -0.2) is 0 Å². The lowest BCUT2D eigenvalue weighted by molar-refractivity contribution is -0.184. The molecule has 0 radical (unpaired) electrons. The van der Waals surface area contributed by atoms with Gasteiger partial charge in [0.15, 0.2) is 0 Å². The van der Waals surface area contributed by atoms with Crippen molar-refractivity contribution in [3.63, 3.8) is 0 Å². The smallest absolute Gasteiger partial charge is 0.370 e. The summed E-state index contributed by atoms with van der Waals surface area (Å²) < 4.78 is 43.8. The van der Waals surface area contributed by atoms with Crippen LogP contribution in [0.1, 0.15) is 30.9 Å². The van der Waals surface area contributed by atoms with Crippen LogP contribution in [0, 0.1) is 0 Å². The molecule has 1 atom stereocenters. The average Bonchev–Trinajstić information content (AvgIpc) is 3.14. The van der Waals surface area contributed by atoms with Crippen LogP contribution in [0.5, 0.6) is 0 Å². The van der Waals surface area contributed by atoms with E-state index in [0.717, 1.165) is 28.7 Å². The van der Waals surface area contributed by atoms with E-state index in [-0.39, 0.29) is 40.1 Å². The van der Waals surface area contributed by atoms with E-state index in [1.165, 1.54) is 12.1 Å². The third-order valence-corrected chi connectivity index (χ3v) is 7.43. The molecule has 0 saturated carbocycles. The lowest BCUT2D eigenvalue weighted by Gasteiger charge is -2.33. The molecule has 0 bridgehead atoms. The minimum atomic E-state index is -4.47. The number of hydrogen-bond donors (Lipinski definition) is 1. The summed E-state index contributed by atoms with van der Waals surface area (Å²) >= 11 is 21.6. The van der Waals surface area contributed by atoms with Crippen LogP contribution in [0.2, 0.25) is 15.1 Å². The van der Waals surface area contributed by atoms with Gasteiger partial charge < -0.3 is 10.2 Å². The van der Waals surface area contributed by atoms with Gasteiger partial charge in [0.2, 0.25) is 0 Å². The maximum Gasteiger partial charge on any atom is 0.400 e. The van der Waals surface area contributed by atoms with Gasteiger partial charge in [-0.3, -0.25) is 0 Å². The molecule has 164 valence electrons. The summed E-state index contributed by atoms with van der Waals surface area (Å²) in [5.74, 6) is 0. The largest absolute Gasteiger partial charge is 0.400 e. The van der Waals surface area contributed by atoms with Gasteiger partial charge in [0, 0.05) is 29.8 Å². The van der Waals surface area contributed by atoms with Crippen LogP contribution in [0.25, 0.3) is 0 Å². The molecule has 0 amide bonds. The number of nitrogens with zero attached hydrogens (tertiary/aromatic N) is 1. The second kappa shape index (κ2) is 9.45. The van der Waals surface area contributed by atoms with Crippen molar-refractivity contribution in [1.29, 1.82) is 0 Å². The lowest BCUT2D eigenvalue weighted by atomic mass is 9.79. The molecule has 0 aliphatic carbocycles. The van der Waals surface area contributed by atoms with Gasteiger partial charge in [-0.05, 0) is 54.8 Å². The van der Waals surface area contributed by atoms with E-state index < -0.39 is 11.6 Å². The molecular formula is C21H21BrCl3F3N2. The highest BCUT2D eigenvalue weighted by Crippen LogP contribution is 2.50. The topological polar surface area (TPSA) is 15.3 Å². The van der Waals surface area contributed by atoms with E-state index in [0.29, 0.717) is 6.54 Å². The monoisotopic (exact) mass is 542 g/mol. The molecule has 1 heterocycles. The number of halogens is 7. The maximum absolute atomic E-state index is 14.3. The summed E-state index contributed by atoms with van der Waals surface area (Å²) in [6.07, 6.45) is -3.53. The first-order valence-electron chi connectivity index (χ1n) is 9.55. The highest BCUT2D eigenvalue weighted by Gasteiger charge is 2.59. The molecule has 1 N–H and O–H groups in total. The van der Waals surface area contributed by atoms with Crippen LogP contribution < -0.4 is 10.2 Å². The summed E-state index contributed by atoms with van der Waals surface area (Å²) in [6.45, 7) is 3.73. The molecule has 2 nitrogen and oxygen atoms in total. The Hall–Kier alpha value is -0.660. The summed E-state index contributed by atoms with van der Waals surface area (Å²) in [4.78, 5) is 1.75. The van der Waals surface area contributed by atoms with Gasteiger partial charge in [-0.1, -0.05) is 63.7 Å². The van der Waals surface area contributed by atoms with Crippen LogP contribution in [0.3, 0.4) is 0 Å². The van der Waals surface area contributed by atoms with Crippen molar-refractivity contribution >= 4 is 56.4 Å². The molecule has 9 heteroatoms. The van der Waals surface area contributed by atoms with Gasteiger partial charge in [0.1, 0.15) is 5.41 Å². The molecule has 0 spiro atoms. The first-order chi connectivity index (χ1) is 14.1. The van der Waals surface area contributed by atoms with Crippen molar-refractivity contribution in [2.45, 2.75) is 37.9 Å². The predicted molar refractivity (Wildman–Crippen MR) is 122 cm³/mol. The predicted octanol–water partition coefficient (Wildman–Crippen LogP) is 7.62. The number of benzene rings is 2. The third-order valence-electron chi connectivity index (χ3n) is 5.49. The molecular weight excluding hydrogens is 524 g/mol. The Bertz CT molecular complexity index is 900. The fourth-order valence-electron chi connectivity index (χ4n) is 3.77. The molecule has 1 aliphatic heterocycles. The summed E-state index contributed by atoms with van der Waals surface area (Å²) in [5, 5.41) is 3.43. The molecule has 30 heavy (non-hydrogen) atoms. The zero-order chi connectivity index (χ0) is 22.1. The van der Waals surface area contributed by atoms with Crippen molar-refractivity contribution < 1.29 is 13.2 Å². The Morgan fingerprint density at radius 2 is 1.80 bits per heavy atom. The highest BCUT2D eigenvalue weighted by atomic mass is 79.9. The van der Waals surface area contributed by atoms with E-state index >= 15 is 0 Å². The molecule has 0 aromatic heterocycles. The zero-order valence-electron chi connectivity index (χ0n) is 16.2. The van der Waals surface area contributed by atoms with Crippen LogP contribution in [0.4, 0.5) is 18.9 Å². The Balaban J connectivity index is 1.90. The van der Waals surface area contributed by atoms with Gasteiger partial charge in [-0.2, -0.15) is 13.2 Å². The third kappa shape index (κ3) is 4.73. The zero-order valence-corrected chi connectivity index (χ0v) is 20.1. The minimum absolute atomic E-state index is 0.0212. The number of alkyl halides is 3. The Labute approximate surface area is 197 Å². The molecule has 2 aromatic carbocycles. The van der Waals surface area contributed by atoms with E-state index in [9.17, 15) is 13.2 Å². The molecule has 3 rings (SSSR count). The molecule has 2 aromatic rings. The van der Waals surface area contributed by atoms with Crippen molar-refractivity contribution in [2.75, 3.05) is 24.5 Å². The molecule has 1 aliphatic rings. The van der Waals surface area contributed by atoms with Crippen LogP contribution in [-0.4, -0.2) is 25.8 Å². The Morgan fingerprint density at radius 3 is 2.37 bits per heavy atom. The molecule has 1 fully saturated rings. The number of hydrogen-bond acceptors (Lipinski definition) is 2. The summed E-state index contributed by atoms with van der Waals surface area (Å²) in [7, 11) is 0. The number of rotatable bonds is 6. The van der Waals surface area contributed by atoms with Crippen molar-refractivity contribution in [2.24, 2.45) is 0 Å². The number of nitrogens with one attached hydrogen (secondary N) is 1. The quantitative estimate of drug-likeness (QED) is 0.297. The van der Waals surface area contributed by atoms with Gasteiger partial charge in [-0.15, -0.1) is 0 Å². The van der Waals surface area contributed by atoms with Crippen LogP contribution in [-0.2, 0) is 12.0 Å². The van der Waals surface area contributed by atoms with Gasteiger partial charge >= 0.3 is 6.18 Å². The number of anilines is 1. The van der Waals surface area contributed by atoms with Crippen molar-refractivity contribution in [1.82, 2.24) is 5.32 Å². The first-order valence-corrected chi connectivity index (χ1v) is 11.5. The summed E-state index contributed by atoms with van der Waals surface area (Å²) in [6, 6.07) is 8.24. The van der Waals surface area contributed by atoms with E-state index in [1.807, 2.05) is 18.2 Å². The molecule has 1 saturated heterocycles. The Morgan fingerprint density at radius 1 is 1.13 bits per heavy atom. The van der Waals surface area contributed by atoms with Crippen molar-refractivity contribution in [3.05, 3.63) is 61.0 Å². The fraction of sp³-hybridized carbons (Fsp3) is 0.429. The first kappa shape index (κ1) is 24.0. The second-order valence-corrected chi connectivity index (χ2v) is 9.50. The van der Waals surface area contributed by atoms with Crippen LogP contribution >= 0.6 is 50.7 Å². The van der Waals surface area contributed by atoms with E-state index in [2.05, 4.69) is 28.2 Å². The van der Waals surface area contributed by atoms with Gasteiger partial charge in [0.05, 0.1) is 15.1 Å². The molecule has 1 unspecified atom stereocenters. The van der Waals surface area contributed by atoms with Gasteiger partial charge in [0.25, 0.3) is 0 Å².